The first-order chi connectivity index (χ1) is 7.33. The van der Waals surface area contributed by atoms with Gasteiger partial charge in [0.1, 0.15) is 0 Å². The van der Waals surface area contributed by atoms with Crippen LogP contribution in [0.2, 0.25) is 0 Å². The molecule has 0 saturated carbocycles. The Labute approximate surface area is 94.0 Å². The van der Waals surface area contributed by atoms with Gasteiger partial charge >= 0.3 is 0 Å². The summed E-state index contributed by atoms with van der Waals surface area (Å²) >= 11 is 0. The molecule has 3 heteroatoms. The molecule has 3 nitrogen and oxygen atoms in total. The summed E-state index contributed by atoms with van der Waals surface area (Å²) in [5, 5.41) is 6.92. The van der Waals surface area contributed by atoms with Crippen LogP contribution in [0.4, 0.5) is 0 Å². The largest absolute Gasteiger partial charge is 0.378 e. The maximum atomic E-state index is 5.56. The third kappa shape index (κ3) is 6.13. The Morgan fingerprint density at radius 3 is 2.87 bits per heavy atom. The standard InChI is InChI=1S/C12H26N2O/c1-3-11(2)14-9-8-13-7-6-12-5-4-10-15-12/h11-14H,3-10H2,1-2H3. The van der Waals surface area contributed by atoms with Gasteiger partial charge in [-0.2, -0.15) is 0 Å². The quantitative estimate of drug-likeness (QED) is 0.601. The Morgan fingerprint density at radius 1 is 1.33 bits per heavy atom. The smallest absolute Gasteiger partial charge is 0.0588 e. The topological polar surface area (TPSA) is 33.3 Å². The Kier molecular flexibility index (Phi) is 6.98. The van der Waals surface area contributed by atoms with Crippen LogP contribution in [-0.2, 0) is 4.74 Å². The van der Waals surface area contributed by atoms with Gasteiger partial charge in [0, 0.05) is 25.7 Å². The molecule has 2 atom stereocenters. The molecule has 0 aromatic carbocycles. The minimum absolute atomic E-state index is 0.528. The summed E-state index contributed by atoms with van der Waals surface area (Å²) in [6, 6.07) is 0.643. The van der Waals surface area contributed by atoms with Crippen LogP contribution < -0.4 is 10.6 Å². The van der Waals surface area contributed by atoms with Gasteiger partial charge in [0.15, 0.2) is 0 Å². The van der Waals surface area contributed by atoms with Crippen molar-refractivity contribution in [2.24, 2.45) is 0 Å². The molecule has 2 N–H and O–H groups in total. The van der Waals surface area contributed by atoms with E-state index in [0.717, 1.165) is 26.2 Å². The zero-order valence-corrected chi connectivity index (χ0v) is 10.2. The molecule has 1 aliphatic rings. The molecule has 1 aliphatic heterocycles. The highest BCUT2D eigenvalue weighted by Crippen LogP contribution is 2.14. The van der Waals surface area contributed by atoms with E-state index in [2.05, 4.69) is 24.5 Å². The van der Waals surface area contributed by atoms with Gasteiger partial charge in [-0.05, 0) is 39.2 Å². The monoisotopic (exact) mass is 214 g/mol. The fourth-order valence-corrected chi connectivity index (χ4v) is 1.81. The average molecular weight is 214 g/mol. The van der Waals surface area contributed by atoms with E-state index in [0.29, 0.717) is 12.1 Å². The molecular formula is C12H26N2O. The van der Waals surface area contributed by atoms with Crippen molar-refractivity contribution in [1.82, 2.24) is 10.6 Å². The molecule has 0 aromatic rings. The van der Waals surface area contributed by atoms with Crippen molar-refractivity contribution in [3.05, 3.63) is 0 Å². The Balaban J connectivity index is 1.80. The molecule has 0 aromatic heterocycles. The normalized spacial score (nSPS) is 23.2. The first-order valence-electron chi connectivity index (χ1n) is 6.38. The minimum atomic E-state index is 0.528. The van der Waals surface area contributed by atoms with Crippen LogP contribution in [0.3, 0.4) is 0 Å². The number of ether oxygens (including phenoxy) is 1. The summed E-state index contributed by atoms with van der Waals surface area (Å²) < 4.78 is 5.56. The fraction of sp³-hybridized carbons (Fsp3) is 1.00. The van der Waals surface area contributed by atoms with Gasteiger partial charge in [-0.1, -0.05) is 6.92 Å². The van der Waals surface area contributed by atoms with Crippen LogP contribution >= 0.6 is 0 Å². The molecule has 1 saturated heterocycles. The molecule has 2 unspecified atom stereocenters. The van der Waals surface area contributed by atoms with Crippen molar-refractivity contribution in [2.45, 2.75) is 51.7 Å². The summed E-state index contributed by atoms with van der Waals surface area (Å²) in [4.78, 5) is 0. The molecule has 15 heavy (non-hydrogen) atoms. The maximum Gasteiger partial charge on any atom is 0.0588 e. The zero-order chi connectivity index (χ0) is 10.9. The Hall–Kier alpha value is -0.120. The fourth-order valence-electron chi connectivity index (χ4n) is 1.81. The lowest BCUT2D eigenvalue weighted by Crippen LogP contribution is -2.33. The van der Waals surface area contributed by atoms with E-state index in [1.165, 1.54) is 25.7 Å². The van der Waals surface area contributed by atoms with Crippen molar-refractivity contribution in [3.63, 3.8) is 0 Å². The lowest BCUT2D eigenvalue weighted by Gasteiger charge is -2.12. The molecule has 1 fully saturated rings. The van der Waals surface area contributed by atoms with E-state index < -0.39 is 0 Å². The van der Waals surface area contributed by atoms with E-state index in [4.69, 9.17) is 4.74 Å². The van der Waals surface area contributed by atoms with Gasteiger partial charge in [-0.15, -0.1) is 0 Å². The zero-order valence-electron chi connectivity index (χ0n) is 10.2. The molecule has 1 rings (SSSR count). The van der Waals surface area contributed by atoms with Gasteiger partial charge < -0.3 is 15.4 Å². The second-order valence-corrected chi connectivity index (χ2v) is 4.44. The summed E-state index contributed by atoms with van der Waals surface area (Å²) in [5.41, 5.74) is 0. The van der Waals surface area contributed by atoms with Crippen molar-refractivity contribution in [1.29, 1.82) is 0 Å². The van der Waals surface area contributed by atoms with Crippen molar-refractivity contribution < 1.29 is 4.74 Å². The molecule has 0 aliphatic carbocycles. The van der Waals surface area contributed by atoms with Gasteiger partial charge in [-0.3, -0.25) is 0 Å². The lowest BCUT2D eigenvalue weighted by molar-refractivity contribution is 0.104. The minimum Gasteiger partial charge on any atom is -0.378 e. The molecule has 0 amide bonds. The summed E-state index contributed by atoms with van der Waals surface area (Å²) in [5.74, 6) is 0. The Morgan fingerprint density at radius 2 is 2.20 bits per heavy atom. The van der Waals surface area contributed by atoms with Crippen molar-refractivity contribution in [2.75, 3.05) is 26.2 Å². The van der Waals surface area contributed by atoms with E-state index in [9.17, 15) is 0 Å². The summed E-state index contributed by atoms with van der Waals surface area (Å²) in [6.45, 7) is 8.64. The second kappa shape index (κ2) is 8.08. The summed E-state index contributed by atoms with van der Waals surface area (Å²) in [7, 11) is 0. The lowest BCUT2D eigenvalue weighted by atomic mass is 10.2. The van der Waals surface area contributed by atoms with Crippen LogP contribution in [-0.4, -0.2) is 38.4 Å². The molecule has 1 heterocycles. The number of hydrogen-bond acceptors (Lipinski definition) is 3. The molecule has 0 spiro atoms. The number of nitrogens with one attached hydrogen (secondary N) is 2. The average Bonchev–Trinajstić information content (AvgIpc) is 2.75. The molecule has 0 bridgehead atoms. The SMILES string of the molecule is CCC(C)NCCNCCC1CCCO1. The predicted octanol–water partition coefficient (Wildman–Crippen LogP) is 1.53. The van der Waals surface area contributed by atoms with E-state index >= 15 is 0 Å². The predicted molar refractivity (Wildman–Crippen MR) is 64.2 cm³/mol. The first kappa shape index (κ1) is 12.9. The molecule has 0 radical (unpaired) electrons. The number of hydrogen-bond donors (Lipinski definition) is 2. The third-order valence-electron chi connectivity index (χ3n) is 3.07. The van der Waals surface area contributed by atoms with Crippen LogP contribution in [0.15, 0.2) is 0 Å². The van der Waals surface area contributed by atoms with E-state index in [1.54, 1.807) is 0 Å². The van der Waals surface area contributed by atoms with Gasteiger partial charge in [0.05, 0.1) is 6.10 Å². The van der Waals surface area contributed by atoms with Crippen LogP contribution in [0.5, 0.6) is 0 Å². The summed E-state index contributed by atoms with van der Waals surface area (Å²) in [6.07, 6.45) is 5.41. The van der Waals surface area contributed by atoms with Crippen LogP contribution in [0.1, 0.15) is 39.5 Å². The van der Waals surface area contributed by atoms with Gasteiger partial charge in [-0.25, -0.2) is 0 Å². The van der Waals surface area contributed by atoms with Crippen molar-refractivity contribution >= 4 is 0 Å². The Bertz CT molecular complexity index is 147. The van der Waals surface area contributed by atoms with Gasteiger partial charge in [0.25, 0.3) is 0 Å². The second-order valence-electron chi connectivity index (χ2n) is 4.44. The molecule has 90 valence electrons. The highest BCUT2D eigenvalue weighted by Gasteiger charge is 2.14. The highest BCUT2D eigenvalue weighted by atomic mass is 16.5. The van der Waals surface area contributed by atoms with Crippen LogP contribution in [0, 0.1) is 0 Å². The van der Waals surface area contributed by atoms with E-state index in [1.807, 2.05) is 0 Å². The first-order valence-corrected chi connectivity index (χ1v) is 6.38. The third-order valence-corrected chi connectivity index (χ3v) is 3.07. The number of rotatable bonds is 8. The van der Waals surface area contributed by atoms with Crippen molar-refractivity contribution in [3.8, 4) is 0 Å². The van der Waals surface area contributed by atoms with Gasteiger partial charge in [0.2, 0.25) is 0 Å². The maximum absolute atomic E-state index is 5.56. The molecular weight excluding hydrogens is 188 g/mol. The van der Waals surface area contributed by atoms with E-state index in [-0.39, 0.29) is 0 Å². The highest BCUT2D eigenvalue weighted by molar-refractivity contribution is 4.66. The van der Waals surface area contributed by atoms with Crippen LogP contribution in [0.25, 0.3) is 0 Å².